The van der Waals surface area contributed by atoms with E-state index in [0.717, 1.165) is 18.5 Å². The van der Waals surface area contributed by atoms with Crippen LogP contribution < -0.4 is 5.32 Å². The zero-order valence-electron chi connectivity index (χ0n) is 9.95. The molecule has 90 valence electrons. The molecule has 2 aliphatic rings. The number of hydrogen-bond donors (Lipinski definition) is 1. The number of thioether (sulfide) groups is 1. The van der Waals surface area contributed by atoms with Crippen molar-refractivity contribution in [1.82, 2.24) is 10.2 Å². The van der Waals surface area contributed by atoms with Gasteiger partial charge in [0.2, 0.25) is 0 Å². The largest absolute Gasteiger partial charge is 0.314 e. The maximum atomic E-state index is 5.33. The van der Waals surface area contributed by atoms with E-state index in [1.54, 1.807) is 0 Å². The molecule has 1 N–H and O–H groups in total. The van der Waals surface area contributed by atoms with Crippen molar-refractivity contribution >= 4 is 11.8 Å². The Morgan fingerprint density at radius 3 is 2.75 bits per heavy atom. The maximum Gasteiger partial charge on any atom is 0.0598 e. The van der Waals surface area contributed by atoms with E-state index in [1.165, 1.54) is 50.4 Å². The van der Waals surface area contributed by atoms with Crippen LogP contribution in [0.5, 0.6) is 0 Å². The van der Waals surface area contributed by atoms with Crippen molar-refractivity contribution in [2.24, 2.45) is 5.92 Å². The van der Waals surface area contributed by atoms with Crippen LogP contribution in [-0.4, -0.2) is 48.6 Å². The molecule has 0 bridgehead atoms. The predicted molar refractivity (Wildman–Crippen MR) is 71.7 cm³/mol. The quantitative estimate of drug-likeness (QED) is 0.746. The Balaban J connectivity index is 1.60. The molecule has 0 amide bonds. The lowest BCUT2D eigenvalue weighted by Crippen LogP contribution is -2.43. The molecule has 1 unspecified atom stereocenters. The third kappa shape index (κ3) is 3.69. The van der Waals surface area contributed by atoms with Crippen molar-refractivity contribution in [1.29, 1.82) is 0 Å². The molecule has 0 saturated carbocycles. The summed E-state index contributed by atoms with van der Waals surface area (Å²) in [6, 6.07) is 0.736. The van der Waals surface area contributed by atoms with E-state index >= 15 is 0 Å². The van der Waals surface area contributed by atoms with Crippen LogP contribution in [0.15, 0.2) is 0 Å². The Kier molecular flexibility index (Phi) is 5.02. The third-order valence-electron chi connectivity index (χ3n) is 3.62. The maximum absolute atomic E-state index is 5.33. The standard InChI is InChI=1S/C13H22N2S/c1-2-6-15-7-3-13(4-8-15)14-10-12-5-9-16-11-12/h1,12-14H,3-11H2. The van der Waals surface area contributed by atoms with Crippen LogP contribution in [0.2, 0.25) is 0 Å². The molecule has 0 aromatic rings. The molecular formula is C13H22N2S. The summed E-state index contributed by atoms with van der Waals surface area (Å²) in [5, 5.41) is 3.73. The molecule has 3 heteroatoms. The van der Waals surface area contributed by atoms with Gasteiger partial charge in [0, 0.05) is 19.1 Å². The van der Waals surface area contributed by atoms with E-state index in [4.69, 9.17) is 6.42 Å². The molecule has 16 heavy (non-hydrogen) atoms. The monoisotopic (exact) mass is 238 g/mol. The van der Waals surface area contributed by atoms with Crippen LogP contribution in [0.25, 0.3) is 0 Å². The van der Waals surface area contributed by atoms with Gasteiger partial charge in [-0.05, 0) is 43.2 Å². The predicted octanol–water partition coefficient (Wildman–Crippen LogP) is 1.43. The third-order valence-corrected chi connectivity index (χ3v) is 4.85. The molecule has 2 fully saturated rings. The number of piperidine rings is 1. The molecule has 2 heterocycles. The summed E-state index contributed by atoms with van der Waals surface area (Å²) in [4.78, 5) is 2.38. The number of rotatable bonds is 4. The van der Waals surface area contributed by atoms with Gasteiger partial charge in [0.15, 0.2) is 0 Å². The topological polar surface area (TPSA) is 15.3 Å². The molecule has 0 spiro atoms. The van der Waals surface area contributed by atoms with Gasteiger partial charge in [-0.15, -0.1) is 6.42 Å². The molecule has 0 aromatic carbocycles. The van der Waals surface area contributed by atoms with E-state index in [2.05, 4.69) is 27.9 Å². The van der Waals surface area contributed by atoms with Gasteiger partial charge in [-0.2, -0.15) is 11.8 Å². The first-order chi connectivity index (χ1) is 7.88. The Bertz CT molecular complexity index is 235. The number of nitrogens with one attached hydrogen (secondary N) is 1. The van der Waals surface area contributed by atoms with Gasteiger partial charge in [-0.1, -0.05) is 5.92 Å². The van der Waals surface area contributed by atoms with Gasteiger partial charge >= 0.3 is 0 Å². The minimum atomic E-state index is 0.736. The van der Waals surface area contributed by atoms with Crippen molar-refractivity contribution < 1.29 is 0 Å². The van der Waals surface area contributed by atoms with Crippen LogP contribution in [0, 0.1) is 18.3 Å². The normalized spacial score (nSPS) is 28.1. The van der Waals surface area contributed by atoms with Crippen molar-refractivity contribution in [2.75, 3.05) is 37.7 Å². The molecule has 1 atom stereocenters. The summed E-state index contributed by atoms with van der Waals surface area (Å²) in [6.07, 6.45) is 9.27. The highest BCUT2D eigenvalue weighted by atomic mass is 32.2. The lowest BCUT2D eigenvalue weighted by atomic mass is 10.0. The van der Waals surface area contributed by atoms with Gasteiger partial charge in [0.25, 0.3) is 0 Å². The van der Waals surface area contributed by atoms with Gasteiger partial charge in [-0.3, -0.25) is 4.90 Å². The van der Waals surface area contributed by atoms with E-state index in [0.29, 0.717) is 0 Å². The van der Waals surface area contributed by atoms with Crippen LogP contribution >= 0.6 is 11.8 Å². The van der Waals surface area contributed by atoms with Gasteiger partial charge in [0.05, 0.1) is 6.54 Å². The summed E-state index contributed by atoms with van der Waals surface area (Å²) < 4.78 is 0. The van der Waals surface area contributed by atoms with Gasteiger partial charge in [0.1, 0.15) is 0 Å². The minimum Gasteiger partial charge on any atom is -0.314 e. The lowest BCUT2D eigenvalue weighted by Gasteiger charge is -2.31. The summed E-state index contributed by atoms with van der Waals surface area (Å²) >= 11 is 2.11. The smallest absolute Gasteiger partial charge is 0.0598 e. The van der Waals surface area contributed by atoms with Crippen LogP contribution in [0.1, 0.15) is 19.3 Å². The lowest BCUT2D eigenvalue weighted by molar-refractivity contribution is 0.215. The van der Waals surface area contributed by atoms with E-state index < -0.39 is 0 Å². The molecule has 0 aliphatic carbocycles. The first kappa shape index (κ1) is 12.3. The van der Waals surface area contributed by atoms with E-state index in [9.17, 15) is 0 Å². The van der Waals surface area contributed by atoms with Crippen LogP contribution in [0.4, 0.5) is 0 Å². The second kappa shape index (κ2) is 6.54. The minimum absolute atomic E-state index is 0.736. The molecule has 2 nitrogen and oxygen atoms in total. The second-order valence-corrected chi connectivity index (χ2v) is 6.04. The fraction of sp³-hybridized carbons (Fsp3) is 0.846. The number of hydrogen-bond acceptors (Lipinski definition) is 3. The Morgan fingerprint density at radius 2 is 2.12 bits per heavy atom. The van der Waals surface area contributed by atoms with Crippen molar-refractivity contribution in [3.05, 3.63) is 0 Å². The molecule has 2 rings (SSSR count). The Hall–Kier alpha value is -0.170. The first-order valence-electron chi connectivity index (χ1n) is 6.35. The van der Waals surface area contributed by atoms with Gasteiger partial charge in [-0.25, -0.2) is 0 Å². The highest BCUT2D eigenvalue weighted by Gasteiger charge is 2.20. The number of likely N-dealkylation sites (tertiary alicyclic amines) is 1. The SMILES string of the molecule is C#CCN1CCC(NCC2CCSC2)CC1. The van der Waals surface area contributed by atoms with Crippen molar-refractivity contribution in [3.8, 4) is 12.3 Å². The second-order valence-electron chi connectivity index (χ2n) is 4.89. The number of terminal acetylenes is 1. The summed E-state index contributed by atoms with van der Waals surface area (Å²) in [7, 11) is 0. The molecular weight excluding hydrogens is 216 g/mol. The van der Waals surface area contributed by atoms with E-state index in [1.807, 2.05) is 0 Å². The average molecular weight is 238 g/mol. The molecule has 2 saturated heterocycles. The summed E-state index contributed by atoms with van der Waals surface area (Å²) in [6.45, 7) is 4.39. The van der Waals surface area contributed by atoms with Crippen molar-refractivity contribution in [2.45, 2.75) is 25.3 Å². The molecule has 2 aliphatic heterocycles. The fourth-order valence-corrected chi connectivity index (χ4v) is 3.79. The summed E-state index contributed by atoms with van der Waals surface area (Å²) in [5.74, 6) is 6.39. The highest BCUT2D eigenvalue weighted by Crippen LogP contribution is 2.23. The zero-order valence-corrected chi connectivity index (χ0v) is 10.8. The van der Waals surface area contributed by atoms with Crippen molar-refractivity contribution in [3.63, 3.8) is 0 Å². The van der Waals surface area contributed by atoms with E-state index in [-0.39, 0.29) is 0 Å². The number of nitrogens with zero attached hydrogens (tertiary/aromatic N) is 1. The highest BCUT2D eigenvalue weighted by molar-refractivity contribution is 7.99. The van der Waals surface area contributed by atoms with Crippen LogP contribution in [0.3, 0.4) is 0 Å². The fourth-order valence-electron chi connectivity index (χ4n) is 2.50. The molecule has 0 radical (unpaired) electrons. The van der Waals surface area contributed by atoms with Crippen LogP contribution in [-0.2, 0) is 0 Å². The Labute approximate surface area is 104 Å². The first-order valence-corrected chi connectivity index (χ1v) is 7.51. The molecule has 0 aromatic heterocycles. The summed E-state index contributed by atoms with van der Waals surface area (Å²) in [5.41, 5.74) is 0. The average Bonchev–Trinajstić information content (AvgIpc) is 2.82. The Morgan fingerprint density at radius 1 is 1.31 bits per heavy atom. The zero-order chi connectivity index (χ0) is 11.2. The van der Waals surface area contributed by atoms with Gasteiger partial charge < -0.3 is 5.32 Å².